The van der Waals surface area contributed by atoms with E-state index in [9.17, 15) is 0 Å². The third-order valence-corrected chi connectivity index (χ3v) is 7.04. The second-order valence-corrected chi connectivity index (χ2v) is 9.32. The summed E-state index contributed by atoms with van der Waals surface area (Å²) in [6.07, 6.45) is 0. The topological polar surface area (TPSA) is 30.7 Å². The molecule has 0 unspecified atom stereocenters. The third-order valence-electron chi connectivity index (χ3n) is 6.73. The number of hydrogen-bond acceptors (Lipinski definition) is 2. The number of rotatable bonds is 3. The molecule has 0 amide bonds. The van der Waals surface area contributed by atoms with E-state index in [1.807, 2.05) is 42.5 Å². The lowest BCUT2D eigenvalue weighted by molar-refractivity contribution is 0.766. The first-order valence-electron chi connectivity index (χ1n) is 11.9. The van der Waals surface area contributed by atoms with Gasteiger partial charge in [-0.2, -0.15) is 4.80 Å². The highest BCUT2D eigenvalue weighted by Gasteiger charge is 2.12. The molecule has 0 saturated heterocycles. The van der Waals surface area contributed by atoms with Crippen LogP contribution in [0, 0.1) is 0 Å². The zero-order valence-electron chi connectivity index (χ0n) is 19.3. The molecule has 0 radical (unpaired) electrons. The second kappa shape index (κ2) is 8.33. The molecule has 0 aliphatic rings. The van der Waals surface area contributed by atoms with E-state index >= 15 is 0 Å². The van der Waals surface area contributed by atoms with E-state index in [1.54, 1.807) is 4.80 Å². The minimum atomic E-state index is 0.666. The average Bonchev–Trinajstić information content (AvgIpc) is 3.35. The highest BCUT2D eigenvalue weighted by atomic mass is 35.5. The predicted molar refractivity (Wildman–Crippen MR) is 150 cm³/mol. The summed E-state index contributed by atoms with van der Waals surface area (Å²) in [4.78, 5) is 1.68. The SMILES string of the molecule is Clc1cc2nn(-c3ccc(-c4cc5ccccc5c5ccccc45)cc3)nc2cc1-c1ccccc1. The van der Waals surface area contributed by atoms with Gasteiger partial charge in [-0.3, -0.25) is 0 Å². The molecule has 4 heteroatoms. The van der Waals surface area contributed by atoms with Crippen LogP contribution in [0.1, 0.15) is 0 Å². The maximum atomic E-state index is 6.59. The first-order chi connectivity index (χ1) is 17.7. The number of fused-ring (bicyclic) bond motifs is 4. The van der Waals surface area contributed by atoms with Gasteiger partial charge in [0.2, 0.25) is 0 Å². The van der Waals surface area contributed by atoms with Crippen molar-refractivity contribution in [2.24, 2.45) is 0 Å². The third kappa shape index (κ3) is 3.44. The van der Waals surface area contributed by atoms with Gasteiger partial charge >= 0.3 is 0 Å². The molecule has 0 aliphatic carbocycles. The van der Waals surface area contributed by atoms with E-state index in [0.717, 1.165) is 33.4 Å². The van der Waals surface area contributed by atoms with Gasteiger partial charge in [0.15, 0.2) is 0 Å². The lowest BCUT2D eigenvalue weighted by Crippen LogP contribution is -1.98. The van der Waals surface area contributed by atoms with Crippen molar-refractivity contribution in [3.05, 3.63) is 126 Å². The molecule has 0 saturated carbocycles. The van der Waals surface area contributed by atoms with Crippen LogP contribution in [0.15, 0.2) is 121 Å². The van der Waals surface area contributed by atoms with Crippen LogP contribution in [0.4, 0.5) is 0 Å². The van der Waals surface area contributed by atoms with Gasteiger partial charge in [0.1, 0.15) is 11.0 Å². The largest absolute Gasteiger partial charge is 0.150 e. The summed E-state index contributed by atoms with van der Waals surface area (Å²) in [7, 11) is 0. The van der Waals surface area contributed by atoms with Gasteiger partial charge in [0, 0.05) is 5.56 Å². The Hall–Kier alpha value is -4.47. The number of benzene rings is 6. The highest BCUT2D eigenvalue weighted by molar-refractivity contribution is 6.34. The fourth-order valence-electron chi connectivity index (χ4n) is 4.96. The number of aromatic nitrogens is 3. The van der Waals surface area contributed by atoms with Crippen molar-refractivity contribution in [1.29, 1.82) is 0 Å². The predicted octanol–water partition coefficient (Wildman–Crippen LogP) is 8.71. The Kier molecular flexibility index (Phi) is 4.83. The van der Waals surface area contributed by atoms with E-state index in [1.165, 1.54) is 27.1 Å². The van der Waals surface area contributed by atoms with Crippen LogP contribution in [-0.2, 0) is 0 Å². The normalized spacial score (nSPS) is 11.5. The molecule has 7 aromatic rings. The standard InChI is InChI=1S/C32H20ClN3/c33-30-20-32-31(19-29(30)21-8-2-1-3-9-21)34-36(35-32)24-16-14-22(15-17-24)28-18-23-10-4-5-11-25(23)26-12-6-7-13-27(26)28/h1-20H. The van der Waals surface area contributed by atoms with Crippen molar-refractivity contribution < 1.29 is 0 Å². The first-order valence-corrected chi connectivity index (χ1v) is 12.3. The molecule has 36 heavy (non-hydrogen) atoms. The molecule has 6 aromatic carbocycles. The van der Waals surface area contributed by atoms with Crippen molar-refractivity contribution in [2.45, 2.75) is 0 Å². The summed E-state index contributed by atoms with van der Waals surface area (Å²) in [5.41, 5.74) is 6.87. The van der Waals surface area contributed by atoms with Crippen molar-refractivity contribution in [2.75, 3.05) is 0 Å². The van der Waals surface area contributed by atoms with Crippen LogP contribution in [0.3, 0.4) is 0 Å². The molecule has 3 nitrogen and oxygen atoms in total. The Morgan fingerprint density at radius 1 is 0.500 bits per heavy atom. The van der Waals surface area contributed by atoms with E-state index in [-0.39, 0.29) is 0 Å². The van der Waals surface area contributed by atoms with Gasteiger partial charge in [-0.1, -0.05) is 103 Å². The van der Waals surface area contributed by atoms with Gasteiger partial charge in [-0.05, 0) is 68.6 Å². The molecule has 0 fully saturated rings. The Balaban J connectivity index is 1.30. The maximum absolute atomic E-state index is 6.59. The summed E-state index contributed by atoms with van der Waals surface area (Å²) in [5.74, 6) is 0. The summed E-state index contributed by atoms with van der Waals surface area (Å²) in [5, 5.41) is 15.1. The molecule has 0 spiro atoms. The molecule has 7 rings (SSSR count). The molecular weight excluding hydrogens is 462 g/mol. The zero-order chi connectivity index (χ0) is 24.1. The molecular formula is C32H20ClN3. The average molecular weight is 482 g/mol. The van der Waals surface area contributed by atoms with Gasteiger partial charge in [0.05, 0.1) is 10.7 Å². The minimum absolute atomic E-state index is 0.666. The Bertz CT molecular complexity index is 1890. The van der Waals surface area contributed by atoms with Gasteiger partial charge in [-0.25, -0.2) is 0 Å². The zero-order valence-corrected chi connectivity index (χ0v) is 20.0. The van der Waals surface area contributed by atoms with Gasteiger partial charge in [-0.15, -0.1) is 10.2 Å². The first kappa shape index (κ1) is 20.9. The molecule has 170 valence electrons. The number of nitrogens with zero attached hydrogens (tertiary/aromatic N) is 3. The molecule has 1 heterocycles. The highest BCUT2D eigenvalue weighted by Crippen LogP contribution is 2.35. The van der Waals surface area contributed by atoms with E-state index in [0.29, 0.717) is 5.02 Å². The fourth-order valence-corrected chi connectivity index (χ4v) is 5.23. The van der Waals surface area contributed by atoms with Crippen molar-refractivity contribution >= 4 is 44.2 Å². The Labute approximate surface area is 213 Å². The van der Waals surface area contributed by atoms with Gasteiger partial charge < -0.3 is 0 Å². The van der Waals surface area contributed by atoms with Crippen molar-refractivity contribution in [3.8, 4) is 27.9 Å². The van der Waals surface area contributed by atoms with Gasteiger partial charge in [0.25, 0.3) is 0 Å². The fraction of sp³-hybridized carbons (Fsp3) is 0. The lowest BCUT2D eigenvalue weighted by Gasteiger charge is -2.11. The number of hydrogen-bond donors (Lipinski definition) is 0. The lowest BCUT2D eigenvalue weighted by atomic mass is 9.93. The summed E-state index contributed by atoms with van der Waals surface area (Å²) in [6.45, 7) is 0. The summed E-state index contributed by atoms with van der Waals surface area (Å²) >= 11 is 6.59. The monoisotopic (exact) mass is 481 g/mol. The smallest absolute Gasteiger partial charge is 0.115 e. The van der Waals surface area contributed by atoms with Crippen LogP contribution >= 0.6 is 11.6 Å². The van der Waals surface area contributed by atoms with E-state index in [4.69, 9.17) is 21.8 Å². The van der Waals surface area contributed by atoms with Crippen LogP contribution in [0.5, 0.6) is 0 Å². The van der Waals surface area contributed by atoms with Crippen LogP contribution in [-0.4, -0.2) is 15.0 Å². The van der Waals surface area contributed by atoms with E-state index in [2.05, 4.69) is 78.9 Å². The second-order valence-electron chi connectivity index (χ2n) is 8.91. The molecule has 0 N–H and O–H groups in total. The van der Waals surface area contributed by atoms with Crippen molar-refractivity contribution in [1.82, 2.24) is 15.0 Å². The molecule has 0 atom stereocenters. The molecule has 1 aromatic heterocycles. The maximum Gasteiger partial charge on any atom is 0.115 e. The Morgan fingerprint density at radius 3 is 1.89 bits per heavy atom. The quantitative estimate of drug-likeness (QED) is 0.236. The van der Waals surface area contributed by atoms with Crippen LogP contribution in [0.25, 0.3) is 60.5 Å². The van der Waals surface area contributed by atoms with Crippen molar-refractivity contribution in [3.63, 3.8) is 0 Å². The molecule has 0 aliphatic heterocycles. The number of halogens is 1. The van der Waals surface area contributed by atoms with Crippen LogP contribution < -0.4 is 0 Å². The summed E-state index contributed by atoms with van der Waals surface area (Å²) < 4.78 is 0. The van der Waals surface area contributed by atoms with Crippen LogP contribution in [0.2, 0.25) is 5.02 Å². The molecule has 0 bridgehead atoms. The van der Waals surface area contributed by atoms with E-state index < -0.39 is 0 Å². The summed E-state index contributed by atoms with van der Waals surface area (Å²) in [6, 6.07) is 41.8. The Morgan fingerprint density at radius 2 is 1.11 bits per heavy atom. The minimum Gasteiger partial charge on any atom is -0.150 e.